The zero-order chi connectivity index (χ0) is 14.1. The number of carbonyl (C=O) groups excluding carboxylic acids is 1. The van der Waals surface area contributed by atoms with E-state index >= 15 is 0 Å². The number of aromatic hydroxyl groups is 1. The normalized spacial score (nSPS) is 10.7. The largest absolute Gasteiger partial charge is 0.508 e. The average Bonchev–Trinajstić information content (AvgIpc) is 2.91. The van der Waals surface area contributed by atoms with Gasteiger partial charge < -0.3 is 9.84 Å². The fourth-order valence-electron chi connectivity index (χ4n) is 2.13. The summed E-state index contributed by atoms with van der Waals surface area (Å²) in [7, 11) is 1.35. The molecule has 5 heteroatoms. The van der Waals surface area contributed by atoms with Gasteiger partial charge in [-0.05, 0) is 36.4 Å². The summed E-state index contributed by atoms with van der Waals surface area (Å²) in [5.74, 6) is 0.387. The Morgan fingerprint density at radius 1 is 1.20 bits per heavy atom. The van der Waals surface area contributed by atoms with Crippen LogP contribution in [0.2, 0.25) is 0 Å². The number of phenolic OH excluding ortho intramolecular Hbond substituents is 1. The van der Waals surface area contributed by atoms with Crippen molar-refractivity contribution in [1.29, 1.82) is 0 Å². The number of imidazole rings is 1. The van der Waals surface area contributed by atoms with Crippen molar-refractivity contribution in [2.24, 2.45) is 0 Å². The molecule has 0 spiro atoms. The molecule has 2 aromatic heterocycles. The lowest BCUT2D eigenvalue weighted by atomic mass is 10.2. The molecule has 100 valence electrons. The molecule has 0 aliphatic heterocycles. The Morgan fingerprint density at radius 2 is 1.95 bits per heavy atom. The van der Waals surface area contributed by atoms with Gasteiger partial charge in [-0.15, -0.1) is 0 Å². The van der Waals surface area contributed by atoms with E-state index in [-0.39, 0.29) is 5.75 Å². The van der Waals surface area contributed by atoms with Gasteiger partial charge in [-0.3, -0.25) is 4.40 Å². The fraction of sp³-hybridized carbons (Fsp3) is 0.0667. The van der Waals surface area contributed by atoms with Crippen molar-refractivity contribution in [3.63, 3.8) is 0 Å². The summed E-state index contributed by atoms with van der Waals surface area (Å²) in [6, 6.07) is 12.0. The molecule has 5 nitrogen and oxygen atoms in total. The molecule has 0 radical (unpaired) electrons. The number of carbonyl (C=O) groups is 1. The van der Waals surface area contributed by atoms with E-state index in [9.17, 15) is 9.90 Å². The zero-order valence-electron chi connectivity index (χ0n) is 10.8. The monoisotopic (exact) mass is 268 g/mol. The Hall–Kier alpha value is -2.82. The highest BCUT2D eigenvalue weighted by Gasteiger charge is 2.15. The molecule has 0 amide bonds. The summed E-state index contributed by atoms with van der Waals surface area (Å²) in [5.41, 5.74) is 2.01. The predicted octanol–water partition coefficient (Wildman–Crippen LogP) is 2.49. The smallest absolute Gasteiger partial charge is 0.355 e. The molecule has 0 aliphatic carbocycles. The van der Waals surface area contributed by atoms with Crippen molar-refractivity contribution in [2.45, 2.75) is 0 Å². The lowest BCUT2D eigenvalue weighted by Crippen LogP contribution is -2.08. The van der Waals surface area contributed by atoms with Gasteiger partial charge in [0.2, 0.25) is 0 Å². The van der Waals surface area contributed by atoms with E-state index in [1.165, 1.54) is 7.11 Å². The number of phenols is 1. The SMILES string of the molecule is COC(=O)c1cccc2cnc(-c3ccc(O)cc3)n12. The van der Waals surface area contributed by atoms with Crippen LogP contribution in [-0.4, -0.2) is 27.6 Å². The van der Waals surface area contributed by atoms with Gasteiger partial charge in [0.05, 0.1) is 18.8 Å². The first-order valence-electron chi connectivity index (χ1n) is 6.05. The third-order valence-electron chi connectivity index (χ3n) is 3.07. The standard InChI is InChI=1S/C15H12N2O3/c1-20-15(19)13-4-2-3-11-9-16-14(17(11)13)10-5-7-12(18)8-6-10/h2-9,18H,1H3. The average molecular weight is 268 g/mol. The second kappa shape index (κ2) is 4.70. The van der Waals surface area contributed by atoms with Crippen molar-refractivity contribution in [3.05, 3.63) is 54.4 Å². The van der Waals surface area contributed by atoms with Crippen LogP contribution in [0.3, 0.4) is 0 Å². The molecule has 1 aromatic carbocycles. The molecule has 20 heavy (non-hydrogen) atoms. The maximum atomic E-state index is 11.9. The van der Waals surface area contributed by atoms with Gasteiger partial charge in [-0.1, -0.05) is 6.07 Å². The van der Waals surface area contributed by atoms with E-state index in [2.05, 4.69) is 4.98 Å². The Bertz CT molecular complexity index is 775. The third kappa shape index (κ3) is 1.89. The third-order valence-corrected chi connectivity index (χ3v) is 3.07. The number of hydrogen-bond donors (Lipinski definition) is 1. The number of aromatic nitrogens is 2. The van der Waals surface area contributed by atoms with Gasteiger partial charge in [-0.25, -0.2) is 9.78 Å². The number of hydrogen-bond acceptors (Lipinski definition) is 4. The number of ether oxygens (including phenoxy) is 1. The first-order valence-corrected chi connectivity index (χ1v) is 6.05. The quantitative estimate of drug-likeness (QED) is 0.725. The molecular weight excluding hydrogens is 256 g/mol. The van der Waals surface area contributed by atoms with Crippen molar-refractivity contribution < 1.29 is 14.6 Å². The van der Waals surface area contributed by atoms with Crippen LogP contribution in [0, 0.1) is 0 Å². The number of benzene rings is 1. The van der Waals surface area contributed by atoms with E-state index in [1.807, 2.05) is 6.07 Å². The molecular formula is C15H12N2O3. The Labute approximate surface area is 115 Å². The van der Waals surface area contributed by atoms with Crippen LogP contribution in [0.15, 0.2) is 48.7 Å². The van der Waals surface area contributed by atoms with Gasteiger partial charge in [0.15, 0.2) is 0 Å². The van der Waals surface area contributed by atoms with Gasteiger partial charge >= 0.3 is 5.97 Å². The molecule has 0 saturated heterocycles. The molecule has 0 bridgehead atoms. The molecule has 0 saturated carbocycles. The second-order valence-corrected chi connectivity index (χ2v) is 4.29. The van der Waals surface area contributed by atoms with Crippen molar-refractivity contribution in [1.82, 2.24) is 9.38 Å². The minimum atomic E-state index is -0.423. The zero-order valence-corrected chi connectivity index (χ0v) is 10.8. The highest BCUT2D eigenvalue weighted by atomic mass is 16.5. The molecule has 3 rings (SSSR count). The number of pyridine rings is 1. The molecule has 3 aromatic rings. The lowest BCUT2D eigenvalue weighted by molar-refractivity contribution is 0.0592. The summed E-state index contributed by atoms with van der Waals surface area (Å²) in [6.45, 7) is 0. The molecule has 0 atom stereocenters. The molecule has 2 heterocycles. The second-order valence-electron chi connectivity index (χ2n) is 4.29. The molecule has 1 N–H and O–H groups in total. The van der Waals surface area contributed by atoms with Gasteiger partial charge in [0.25, 0.3) is 0 Å². The molecule has 0 unspecified atom stereocenters. The van der Waals surface area contributed by atoms with Crippen LogP contribution >= 0.6 is 0 Å². The minimum Gasteiger partial charge on any atom is -0.508 e. The van der Waals surface area contributed by atoms with E-state index in [0.29, 0.717) is 11.5 Å². The summed E-state index contributed by atoms with van der Waals surface area (Å²) in [4.78, 5) is 16.2. The summed E-state index contributed by atoms with van der Waals surface area (Å²) < 4.78 is 6.53. The van der Waals surface area contributed by atoms with Crippen LogP contribution in [0.1, 0.15) is 10.5 Å². The lowest BCUT2D eigenvalue weighted by Gasteiger charge is -2.07. The number of rotatable bonds is 2. The van der Waals surface area contributed by atoms with Gasteiger partial charge in [0.1, 0.15) is 17.3 Å². The number of esters is 1. The number of fused-ring (bicyclic) bond motifs is 1. The number of methoxy groups -OCH3 is 1. The highest BCUT2D eigenvalue weighted by Crippen LogP contribution is 2.23. The molecule has 0 fully saturated rings. The highest BCUT2D eigenvalue weighted by molar-refractivity contribution is 5.89. The minimum absolute atomic E-state index is 0.183. The van der Waals surface area contributed by atoms with E-state index in [1.54, 1.807) is 47.0 Å². The van der Waals surface area contributed by atoms with Crippen LogP contribution in [0.25, 0.3) is 16.9 Å². The van der Waals surface area contributed by atoms with Crippen LogP contribution < -0.4 is 0 Å². The van der Waals surface area contributed by atoms with Crippen LogP contribution in [-0.2, 0) is 4.74 Å². The van der Waals surface area contributed by atoms with E-state index in [4.69, 9.17) is 4.74 Å². The van der Waals surface area contributed by atoms with Crippen molar-refractivity contribution in [3.8, 4) is 17.1 Å². The maximum Gasteiger partial charge on any atom is 0.355 e. The summed E-state index contributed by atoms with van der Waals surface area (Å²) in [5, 5.41) is 9.35. The topological polar surface area (TPSA) is 63.8 Å². The Balaban J connectivity index is 2.26. The first kappa shape index (κ1) is 12.2. The van der Waals surface area contributed by atoms with Crippen LogP contribution in [0.4, 0.5) is 0 Å². The Kier molecular flexibility index (Phi) is 2.87. The predicted molar refractivity (Wildman–Crippen MR) is 73.6 cm³/mol. The first-order chi connectivity index (χ1) is 9.70. The van der Waals surface area contributed by atoms with Gasteiger partial charge in [0, 0.05) is 5.56 Å². The summed E-state index contributed by atoms with van der Waals surface area (Å²) >= 11 is 0. The van der Waals surface area contributed by atoms with Crippen molar-refractivity contribution in [2.75, 3.05) is 7.11 Å². The number of nitrogens with zero attached hydrogens (tertiary/aromatic N) is 2. The van der Waals surface area contributed by atoms with E-state index < -0.39 is 5.97 Å². The van der Waals surface area contributed by atoms with Crippen molar-refractivity contribution >= 4 is 11.5 Å². The Morgan fingerprint density at radius 3 is 2.65 bits per heavy atom. The summed E-state index contributed by atoms with van der Waals surface area (Å²) in [6.07, 6.45) is 1.69. The van der Waals surface area contributed by atoms with Crippen LogP contribution in [0.5, 0.6) is 5.75 Å². The van der Waals surface area contributed by atoms with E-state index in [0.717, 1.165) is 11.1 Å². The maximum absolute atomic E-state index is 11.9. The van der Waals surface area contributed by atoms with Gasteiger partial charge in [-0.2, -0.15) is 0 Å². The molecule has 0 aliphatic rings. The fourth-order valence-corrected chi connectivity index (χ4v) is 2.13.